The number of hydrogen-bond donors (Lipinski definition) is 1. The predicted molar refractivity (Wildman–Crippen MR) is 77.5 cm³/mol. The standard InChI is InChI=1S/C16H24N2O/c1-16(2,3)14-9-4-11(10-17-12-5-6-12)15(19)18(14)13-7-8-13/h4,9,12-13,17H,5-8,10H2,1-3H3. The minimum atomic E-state index is 0.0319. The van der Waals surface area contributed by atoms with Crippen molar-refractivity contribution in [2.45, 2.75) is 70.5 Å². The van der Waals surface area contributed by atoms with Crippen molar-refractivity contribution in [2.75, 3.05) is 0 Å². The van der Waals surface area contributed by atoms with Crippen molar-refractivity contribution in [3.05, 3.63) is 33.7 Å². The molecular formula is C16H24N2O. The van der Waals surface area contributed by atoms with Gasteiger partial charge in [-0.15, -0.1) is 0 Å². The Morgan fingerprint density at radius 2 is 1.89 bits per heavy atom. The summed E-state index contributed by atoms with van der Waals surface area (Å²) in [5.41, 5.74) is 2.36. The molecule has 0 aromatic carbocycles. The van der Waals surface area contributed by atoms with E-state index in [1.807, 2.05) is 6.07 Å². The van der Waals surface area contributed by atoms with Crippen molar-refractivity contribution < 1.29 is 0 Å². The van der Waals surface area contributed by atoms with Crippen molar-refractivity contribution >= 4 is 0 Å². The zero-order chi connectivity index (χ0) is 13.6. The Morgan fingerprint density at radius 1 is 1.21 bits per heavy atom. The number of pyridine rings is 1. The number of hydrogen-bond acceptors (Lipinski definition) is 2. The third kappa shape index (κ3) is 2.76. The van der Waals surface area contributed by atoms with Crippen LogP contribution < -0.4 is 10.9 Å². The molecule has 19 heavy (non-hydrogen) atoms. The fraction of sp³-hybridized carbons (Fsp3) is 0.688. The molecule has 3 nitrogen and oxygen atoms in total. The van der Waals surface area contributed by atoms with E-state index in [0.29, 0.717) is 12.1 Å². The van der Waals surface area contributed by atoms with Gasteiger partial charge in [-0.25, -0.2) is 0 Å². The van der Waals surface area contributed by atoms with Gasteiger partial charge in [-0.1, -0.05) is 26.8 Å². The van der Waals surface area contributed by atoms with Crippen LogP contribution >= 0.6 is 0 Å². The molecule has 0 atom stereocenters. The molecule has 2 fully saturated rings. The normalized spacial score (nSPS) is 19.7. The summed E-state index contributed by atoms with van der Waals surface area (Å²) in [4.78, 5) is 12.7. The fourth-order valence-corrected chi connectivity index (χ4v) is 2.58. The van der Waals surface area contributed by atoms with Crippen LogP contribution in [0.5, 0.6) is 0 Å². The minimum Gasteiger partial charge on any atom is -0.310 e. The van der Waals surface area contributed by atoms with Crippen LogP contribution in [0.15, 0.2) is 16.9 Å². The largest absolute Gasteiger partial charge is 0.310 e. The summed E-state index contributed by atoms with van der Waals surface area (Å²) in [5, 5.41) is 3.45. The zero-order valence-electron chi connectivity index (χ0n) is 12.2. The third-order valence-corrected chi connectivity index (χ3v) is 4.03. The highest BCUT2D eigenvalue weighted by Crippen LogP contribution is 2.37. The van der Waals surface area contributed by atoms with Gasteiger partial charge in [0.2, 0.25) is 0 Å². The van der Waals surface area contributed by atoms with Gasteiger partial charge >= 0.3 is 0 Å². The number of rotatable bonds is 4. The molecule has 0 saturated heterocycles. The highest BCUT2D eigenvalue weighted by Gasteiger charge is 2.31. The van der Waals surface area contributed by atoms with Crippen molar-refractivity contribution in [1.29, 1.82) is 0 Å². The molecule has 1 N–H and O–H groups in total. The lowest BCUT2D eigenvalue weighted by atomic mass is 9.90. The first-order valence-corrected chi connectivity index (χ1v) is 7.45. The van der Waals surface area contributed by atoms with Crippen LogP contribution in [-0.4, -0.2) is 10.6 Å². The molecule has 104 valence electrons. The summed E-state index contributed by atoms with van der Waals surface area (Å²) >= 11 is 0. The van der Waals surface area contributed by atoms with Crippen LogP contribution in [0.1, 0.15) is 63.8 Å². The van der Waals surface area contributed by atoms with Crippen LogP contribution in [0.25, 0.3) is 0 Å². The molecule has 0 radical (unpaired) electrons. The third-order valence-electron chi connectivity index (χ3n) is 4.03. The topological polar surface area (TPSA) is 34.0 Å². The van der Waals surface area contributed by atoms with Gasteiger partial charge in [-0.05, 0) is 31.7 Å². The average Bonchev–Trinajstić information content (AvgIpc) is 3.19. The Balaban J connectivity index is 1.95. The van der Waals surface area contributed by atoms with Gasteiger partial charge in [0.15, 0.2) is 0 Å². The first-order valence-electron chi connectivity index (χ1n) is 7.45. The summed E-state index contributed by atoms with van der Waals surface area (Å²) < 4.78 is 2.06. The predicted octanol–water partition coefficient (Wildman–Crippen LogP) is 2.73. The van der Waals surface area contributed by atoms with Gasteiger partial charge in [0.05, 0.1) is 0 Å². The van der Waals surface area contributed by atoms with Crippen LogP contribution in [0, 0.1) is 0 Å². The van der Waals surface area contributed by atoms with E-state index in [9.17, 15) is 4.79 Å². The maximum Gasteiger partial charge on any atom is 0.255 e. The quantitative estimate of drug-likeness (QED) is 0.903. The summed E-state index contributed by atoms with van der Waals surface area (Å²) in [7, 11) is 0. The Hall–Kier alpha value is -1.09. The Bertz CT molecular complexity index is 531. The lowest BCUT2D eigenvalue weighted by Gasteiger charge is -2.25. The van der Waals surface area contributed by atoms with Crippen LogP contribution in [-0.2, 0) is 12.0 Å². The average molecular weight is 260 g/mol. The van der Waals surface area contributed by atoms with E-state index in [1.54, 1.807) is 0 Å². The van der Waals surface area contributed by atoms with E-state index in [4.69, 9.17) is 0 Å². The van der Waals surface area contributed by atoms with Gasteiger partial charge < -0.3 is 9.88 Å². The lowest BCUT2D eigenvalue weighted by molar-refractivity contribution is 0.501. The molecule has 3 heteroatoms. The second kappa shape index (κ2) is 4.48. The van der Waals surface area contributed by atoms with E-state index in [0.717, 1.165) is 24.9 Å². The molecule has 2 aliphatic carbocycles. The van der Waals surface area contributed by atoms with Crippen LogP contribution in [0.3, 0.4) is 0 Å². The highest BCUT2D eigenvalue weighted by molar-refractivity contribution is 5.23. The molecule has 0 spiro atoms. The number of aromatic nitrogens is 1. The van der Waals surface area contributed by atoms with E-state index in [-0.39, 0.29) is 11.0 Å². The van der Waals surface area contributed by atoms with Gasteiger partial charge in [-0.2, -0.15) is 0 Å². The number of nitrogens with one attached hydrogen (secondary N) is 1. The smallest absolute Gasteiger partial charge is 0.255 e. The van der Waals surface area contributed by atoms with E-state index in [2.05, 4.69) is 36.7 Å². The summed E-state index contributed by atoms with van der Waals surface area (Å²) in [6, 6.07) is 5.28. The van der Waals surface area contributed by atoms with E-state index >= 15 is 0 Å². The first-order chi connectivity index (χ1) is 8.97. The van der Waals surface area contributed by atoms with E-state index < -0.39 is 0 Å². The second-order valence-corrected chi connectivity index (χ2v) is 7.06. The number of nitrogens with zero attached hydrogens (tertiary/aromatic N) is 1. The van der Waals surface area contributed by atoms with Crippen molar-refractivity contribution in [2.24, 2.45) is 0 Å². The highest BCUT2D eigenvalue weighted by atomic mass is 16.1. The second-order valence-electron chi connectivity index (χ2n) is 7.06. The first kappa shape index (κ1) is 12.9. The molecule has 0 bridgehead atoms. The molecular weight excluding hydrogens is 236 g/mol. The fourth-order valence-electron chi connectivity index (χ4n) is 2.58. The molecule has 3 rings (SSSR count). The van der Waals surface area contributed by atoms with Crippen molar-refractivity contribution in [3.63, 3.8) is 0 Å². The maximum absolute atomic E-state index is 12.7. The van der Waals surface area contributed by atoms with Crippen LogP contribution in [0.2, 0.25) is 0 Å². The van der Waals surface area contributed by atoms with Gasteiger partial charge in [0.25, 0.3) is 5.56 Å². The van der Waals surface area contributed by atoms with Gasteiger partial charge in [0, 0.05) is 35.3 Å². The summed E-state index contributed by atoms with van der Waals surface area (Å²) in [6.07, 6.45) is 4.83. The van der Waals surface area contributed by atoms with Crippen molar-refractivity contribution in [3.8, 4) is 0 Å². The minimum absolute atomic E-state index is 0.0319. The summed E-state index contributed by atoms with van der Waals surface area (Å²) in [6.45, 7) is 7.27. The molecule has 1 aromatic heterocycles. The van der Waals surface area contributed by atoms with Gasteiger partial charge in [0.1, 0.15) is 0 Å². The maximum atomic E-state index is 12.7. The Kier molecular flexibility index (Phi) is 3.05. The lowest BCUT2D eigenvalue weighted by Crippen LogP contribution is -2.33. The summed E-state index contributed by atoms with van der Waals surface area (Å²) in [5.74, 6) is 0. The molecule has 1 heterocycles. The molecule has 0 aliphatic heterocycles. The Morgan fingerprint density at radius 3 is 2.42 bits per heavy atom. The molecule has 1 aromatic rings. The molecule has 2 aliphatic rings. The SMILES string of the molecule is CC(C)(C)c1ccc(CNC2CC2)c(=O)n1C1CC1. The van der Waals surface area contributed by atoms with Gasteiger partial charge in [-0.3, -0.25) is 4.79 Å². The molecule has 2 saturated carbocycles. The molecule has 0 unspecified atom stereocenters. The zero-order valence-corrected chi connectivity index (χ0v) is 12.2. The van der Waals surface area contributed by atoms with Crippen molar-refractivity contribution in [1.82, 2.24) is 9.88 Å². The Labute approximate surface area is 115 Å². The monoisotopic (exact) mass is 260 g/mol. The van der Waals surface area contributed by atoms with E-state index in [1.165, 1.54) is 18.5 Å². The molecule has 0 amide bonds. The van der Waals surface area contributed by atoms with Crippen LogP contribution in [0.4, 0.5) is 0 Å².